The first-order valence-electron chi connectivity index (χ1n) is 9.13. The van der Waals surface area contributed by atoms with Gasteiger partial charge in [-0.3, -0.25) is 0 Å². The van der Waals surface area contributed by atoms with Crippen molar-refractivity contribution in [1.29, 1.82) is 0 Å². The molecule has 2 heterocycles. The SMILES string of the molecule is C=CCOC1C(OC)OOC(c2ccccc2)C1OC1OC(O)C(O)C(O)C1O. The molecule has 2 aliphatic rings. The highest BCUT2D eigenvalue weighted by Gasteiger charge is 2.50. The predicted molar refractivity (Wildman–Crippen MR) is 95.9 cm³/mol. The minimum Gasteiger partial charge on any atom is -0.387 e. The van der Waals surface area contributed by atoms with Crippen LogP contribution >= 0.6 is 0 Å². The summed E-state index contributed by atoms with van der Waals surface area (Å²) in [6.07, 6.45) is -10.2. The number of rotatable bonds is 7. The Bertz CT molecular complexity index is 643. The van der Waals surface area contributed by atoms with Crippen LogP contribution in [0, 0.1) is 0 Å². The van der Waals surface area contributed by atoms with Gasteiger partial charge in [-0.25, -0.2) is 9.78 Å². The van der Waals surface area contributed by atoms with Gasteiger partial charge >= 0.3 is 0 Å². The Morgan fingerprint density at radius 3 is 2.34 bits per heavy atom. The van der Waals surface area contributed by atoms with Crippen molar-refractivity contribution in [2.24, 2.45) is 0 Å². The smallest absolute Gasteiger partial charge is 0.220 e. The molecule has 10 heteroatoms. The molecule has 0 spiro atoms. The Hall–Kier alpha value is -1.44. The van der Waals surface area contributed by atoms with Gasteiger partial charge in [-0.05, 0) is 5.56 Å². The van der Waals surface area contributed by atoms with E-state index in [2.05, 4.69) is 6.58 Å². The number of benzene rings is 1. The topological polar surface area (TPSA) is 136 Å². The molecular formula is C19H26O10. The number of methoxy groups -OCH3 is 1. The fourth-order valence-corrected chi connectivity index (χ4v) is 3.21. The molecule has 10 nitrogen and oxygen atoms in total. The molecule has 9 unspecified atom stereocenters. The number of aliphatic hydroxyl groups excluding tert-OH is 4. The first-order valence-corrected chi connectivity index (χ1v) is 9.13. The van der Waals surface area contributed by atoms with E-state index in [9.17, 15) is 20.4 Å². The highest BCUT2D eigenvalue weighted by Crippen LogP contribution is 2.36. The Morgan fingerprint density at radius 1 is 0.966 bits per heavy atom. The van der Waals surface area contributed by atoms with Crippen LogP contribution in [0.4, 0.5) is 0 Å². The lowest BCUT2D eigenvalue weighted by Gasteiger charge is -2.44. The molecule has 2 fully saturated rings. The number of ether oxygens (including phenoxy) is 4. The van der Waals surface area contributed by atoms with Gasteiger partial charge in [0.2, 0.25) is 6.29 Å². The molecule has 0 aromatic heterocycles. The van der Waals surface area contributed by atoms with Crippen molar-refractivity contribution in [3.8, 4) is 0 Å². The minimum atomic E-state index is -1.75. The van der Waals surface area contributed by atoms with Gasteiger partial charge in [0.25, 0.3) is 0 Å². The van der Waals surface area contributed by atoms with Crippen LogP contribution in [0.2, 0.25) is 0 Å². The molecule has 4 N–H and O–H groups in total. The van der Waals surface area contributed by atoms with E-state index >= 15 is 0 Å². The van der Waals surface area contributed by atoms with Gasteiger partial charge in [0.1, 0.15) is 36.6 Å². The van der Waals surface area contributed by atoms with Crippen LogP contribution in [-0.2, 0) is 28.7 Å². The summed E-state index contributed by atoms with van der Waals surface area (Å²) in [4.78, 5) is 10.8. The van der Waals surface area contributed by atoms with Crippen LogP contribution < -0.4 is 0 Å². The van der Waals surface area contributed by atoms with Gasteiger partial charge in [-0.2, -0.15) is 0 Å². The maximum atomic E-state index is 10.3. The molecule has 0 aliphatic carbocycles. The lowest BCUT2D eigenvalue weighted by molar-refractivity contribution is -0.474. The van der Waals surface area contributed by atoms with Crippen LogP contribution in [0.5, 0.6) is 0 Å². The third kappa shape index (κ3) is 4.84. The summed E-state index contributed by atoms with van der Waals surface area (Å²) in [6, 6.07) is 9.00. The van der Waals surface area contributed by atoms with Gasteiger partial charge in [0, 0.05) is 7.11 Å². The Morgan fingerprint density at radius 2 is 1.69 bits per heavy atom. The predicted octanol–water partition coefficient (Wildman–Crippen LogP) is -0.624. The molecular weight excluding hydrogens is 388 g/mol. The summed E-state index contributed by atoms with van der Waals surface area (Å²) >= 11 is 0. The van der Waals surface area contributed by atoms with Crippen molar-refractivity contribution in [3.05, 3.63) is 48.6 Å². The third-order valence-electron chi connectivity index (χ3n) is 4.75. The molecule has 0 bridgehead atoms. The van der Waals surface area contributed by atoms with Gasteiger partial charge in [0.05, 0.1) is 6.61 Å². The van der Waals surface area contributed by atoms with Crippen molar-refractivity contribution >= 4 is 0 Å². The first-order chi connectivity index (χ1) is 14.0. The summed E-state index contributed by atoms with van der Waals surface area (Å²) < 4.78 is 22.1. The molecule has 0 saturated carbocycles. The van der Waals surface area contributed by atoms with E-state index in [-0.39, 0.29) is 6.61 Å². The van der Waals surface area contributed by atoms with E-state index in [1.54, 1.807) is 24.3 Å². The molecule has 2 saturated heterocycles. The van der Waals surface area contributed by atoms with Crippen LogP contribution in [-0.4, -0.2) is 83.5 Å². The number of hydrogen-bond acceptors (Lipinski definition) is 10. The van der Waals surface area contributed by atoms with Crippen molar-refractivity contribution in [2.75, 3.05) is 13.7 Å². The molecule has 1 aromatic carbocycles. The van der Waals surface area contributed by atoms with E-state index < -0.39 is 55.5 Å². The van der Waals surface area contributed by atoms with E-state index in [0.29, 0.717) is 5.56 Å². The highest BCUT2D eigenvalue weighted by molar-refractivity contribution is 5.19. The van der Waals surface area contributed by atoms with Crippen LogP contribution in [0.3, 0.4) is 0 Å². The average Bonchev–Trinajstić information content (AvgIpc) is 2.75. The summed E-state index contributed by atoms with van der Waals surface area (Å²) in [6.45, 7) is 3.76. The molecule has 2 aliphatic heterocycles. The van der Waals surface area contributed by atoms with Gasteiger partial charge in [-0.15, -0.1) is 6.58 Å². The summed E-state index contributed by atoms with van der Waals surface area (Å²) in [5, 5.41) is 39.7. The standard InChI is InChI=1S/C19H26O10/c1-3-9-25-16-15(26-18-13(22)11(20)12(21)17(23)27-18)14(28-29-19(16)24-2)10-7-5-4-6-8-10/h3-8,11-23H,1,9H2,2H3. The molecule has 0 radical (unpaired) electrons. The zero-order valence-corrected chi connectivity index (χ0v) is 15.8. The van der Waals surface area contributed by atoms with E-state index in [4.69, 9.17) is 28.7 Å². The van der Waals surface area contributed by atoms with E-state index in [0.717, 1.165) is 0 Å². The summed E-state index contributed by atoms with van der Waals surface area (Å²) in [7, 11) is 1.40. The van der Waals surface area contributed by atoms with Crippen LogP contribution in [0.1, 0.15) is 11.7 Å². The van der Waals surface area contributed by atoms with E-state index in [1.807, 2.05) is 6.07 Å². The van der Waals surface area contributed by atoms with Gasteiger partial charge in [-0.1, -0.05) is 36.4 Å². The zero-order chi connectivity index (χ0) is 21.0. The zero-order valence-electron chi connectivity index (χ0n) is 15.8. The Labute approximate surface area is 167 Å². The van der Waals surface area contributed by atoms with E-state index in [1.165, 1.54) is 13.2 Å². The average molecular weight is 414 g/mol. The maximum absolute atomic E-state index is 10.3. The number of aliphatic hydroxyl groups is 4. The third-order valence-corrected chi connectivity index (χ3v) is 4.75. The second-order valence-corrected chi connectivity index (χ2v) is 6.68. The lowest BCUT2D eigenvalue weighted by atomic mass is 9.98. The summed E-state index contributed by atoms with van der Waals surface area (Å²) in [5.74, 6) is 0. The Balaban J connectivity index is 1.89. The fraction of sp³-hybridized carbons (Fsp3) is 0.579. The summed E-state index contributed by atoms with van der Waals surface area (Å²) in [5.41, 5.74) is 0.686. The lowest BCUT2D eigenvalue weighted by Crippen LogP contribution is -2.61. The molecule has 3 rings (SSSR count). The van der Waals surface area contributed by atoms with Crippen LogP contribution in [0.15, 0.2) is 43.0 Å². The molecule has 29 heavy (non-hydrogen) atoms. The van der Waals surface area contributed by atoms with Crippen molar-refractivity contribution < 1.29 is 49.1 Å². The van der Waals surface area contributed by atoms with Crippen LogP contribution in [0.25, 0.3) is 0 Å². The van der Waals surface area contributed by atoms with Crippen molar-refractivity contribution in [1.82, 2.24) is 0 Å². The largest absolute Gasteiger partial charge is 0.387 e. The first kappa shape index (κ1) is 22.2. The maximum Gasteiger partial charge on any atom is 0.220 e. The second-order valence-electron chi connectivity index (χ2n) is 6.68. The minimum absolute atomic E-state index is 0.146. The fourth-order valence-electron chi connectivity index (χ4n) is 3.21. The molecule has 162 valence electrons. The molecule has 0 amide bonds. The highest BCUT2D eigenvalue weighted by atomic mass is 17.2. The van der Waals surface area contributed by atoms with Crippen molar-refractivity contribution in [3.63, 3.8) is 0 Å². The number of hydrogen-bond donors (Lipinski definition) is 4. The van der Waals surface area contributed by atoms with Crippen molar-refractivity contribution in [2.45, 2.75) is 55.5 Å². The Kier molecular flexibility index (Phi) is 7.71. The normalized spacial score (nSPS) is 40.5. The second kappa shape index (κ2) is 10.0. The quantitative estimate of drug-likeness (QED) is 0.337. The monoisotopic (exact) mass is 414 g/mol. The molecule has 9 atom stereocenters. The van der Waals surface area contributed by atoms with Gasteiger partial charge in [0.15, 0.2) is 12.6 Å². The molecule has 1 aromatic rings. The van der Waals surface area contributed by atoms with Gasteiger partial charge < -0.3 is 39.4 Å².